The Morgan fingerprint density at radius 2 is 1.71 bits per heavy atom. The summed E-state index contributed by atoms with van der Waals surface area (Å²) in [5, 5.41) is 10.7. The highest BCUT2D eigenvalue weighted by Crippen LogP contribution is 2.34. The van der Waals surface area contributed by atoms with Crippen molar-refractivity contribution in [3.05, 3.63) is 65.7 Å². The lowest BCUT2D eigenvalue weighted by molar-refractivity contribution is 0.0547. The van der Waals surface area contributed by atoms with E-state index in [2.05, 4.69) is 57.0 Å². The fourth-order valence-electron chi connectivity index (χ4n) is 2.74. The summed E-state index contributed by atoms with van der Waals surface area (Å²) in [5.41, 5.74) is 3.17. The highest BCUT2D eigenvalue weighted by atomic mass is 16.3. The molecule has 0 heterocycles. The van der Waals surface area contributed by atoms with Gasteiger partial charge in [-0.3, -0.25) is 0 Å². The molecule has 21 heavy (non-hydrogen) atoms. The molecule has 2 heteroatoms. The molecule has 1 N–H and O–H groups in total. The first-order valence-corrected chi connectivity index (χ1v) is 7.41. The van der Waals surface area contributed by atoms with Crippen LogP contribution in [0.3, 0.4) is 0 Å². The Morgan fingerprint density at radius 3 is 2.33 bits per heavy atom. The molecule has 0 bridgehead atoms. The third kappa shape index (κ3) is 3.85. The largest absolute Gasteiger partial charge is 0.388 e. The van der Waals surface area contributed by atoms with Gasteiger partial charge in [-0.1, -0.05) is 56.3 Å². The van der Waals surface area contributed by atoms with Crippen LogP contribution in [0.1, 0.15) is 31.1 Å². The van der Waals surface area contributed by atoms with E-state index in [0.29, 0.717) is 0 Å². The second-order valence-electron chi connectivity index (χ2n) is 6.50. The number of hydrogen-bond donors (Lipinski definition) is 1. The number of hydrogen-bond acceptors (Lipinski definition) is 2. The number of nitrogens with zero attached hydrogens (tertiary/aromatic N) is 1. The standard InChI is InChI=1S/C19H25NO/c1-15-9-8-12-17(13-15)20(4)14-19(2,3)18(21)16-10-6-5-7-11-16/h5-13,18,21H,14H2,1-4H3. The van der Waals surface area contributed by atoms with E-state index < -0.39 is 6.10 Å². The maximum atomic E-state index is 10.7. The molecule has 0 saturated heterocycles. The van der Waals surface area contributed by atoms with Gasteiger partial charge < -0.3 is 10.0 Å². The van der Waals surface area contributed by atoms with Crippen molar-refractivity contribution >= 4 is 5.69 Å². The summed E-state index contributed by atoms with van der Waals surface area (Å²) in [4.78, 5) is 2.21. The van der Waals surface area contributed by atoms with Crippen LogP contribution in [-0.4, -0.2) is 18.7 Å². The van der Waals surface area contributed by atoms with Gasteiger partial charge in [-0.2, -0.15) is 0 Å². The maximum absolute atomic E-state index is 10.7. The second-order valence-corrected chi connectivity index (χ2v) is 6.50. The van der Waals surface area contributed by atoms with E-state index in [1.807, 2.05) is 30.3 Å². The van der Waals surface area contributed by atoms with Crippen molar-refractivity contribution in [2.24, 2.45) is 5.41 Å². The minimum Gasteiger partial charge on any atom is -0.388 e. The van der Waals surface area contributed by atoms with Crippen molar-refractivity contribution in [3.63, 3.8) is 0 Å². The van der Waals surface area contributed by atoms with Crippen LogP contribution in [0, 0.1) is 12.3 Å². The molecule has 0 aliphatic heterocycles. The minimum atomic E-state index is -0.481. The fourth-order valence-corrected chi connectivity index (χ4v) is 2.74. The lowest BCUT2D eigenvalue weighted by Gasteiger charge is -2.35. The Kier molecular flexibility index (Phi) is 4.69. The van der Waals surface area contributed by atoms with Gasteiger partial charge in [0, 0.05) is 24.7 Å². The summed E-state index contributed by atoms with van der Waals surface area (Å²) < 4.78 is 0. The van der Waals surface area contributed by atoms with Crippen LogP contribution >= 0.6 is 0 Å². The van der Waals surface area contributed by atoms with Crippen LogP contribution in [0.5, 0.6) is 0 Å². The first-order chi connectivity index (χ1) is 9.90. The van der Waals surface area contributed by atoms with Gasteiger partial charge in [-0.25, -0.2) is 0 Å². The van der Waals surface area contributed by atoms with Crippen LogP contribution < -0.4 is 4.90 Å². The zero-order chi connectivity index (χ0) is 15.5. The Morgan fingerprint density at radius 1 is 1.05 bits per heavy atom. The van der Waals surface area contributed by atoms with Crippen molar-refractivity contribution < 1.29 is 5.11 Å². The predicted molar refractivity (Wildman–Crippen MR) is 89.6 cm³/mol. The van der Waals surface area contributed by atoms with Gasteiger partial charge in [0.25, 0.3) is 0 Å². The van der Waals surface area contributed by atoms with Gasteiger partial charge in [-0.05, 0) is 30.2 Å². The monoisotopic (exact) mass is 283 g/mol. The van der Waals surface area contributed by atoms with E-state index in [9.17, 15) is 5.11 Å². The summed E-state index contributed by atoms with van der Waals surface area (Å²) in [6, 6.07) is 18.3. The van der Waals surface area contributed by atoms with Crippen molar-refractivity contribution in [2.75, 3.05) is 18.5 Å². The normalized spacial score (nSPS) is 13.0. The van der Waals surface area contributed by atoms with E-state index in [4.69, 9.17) is 0 Å². The van der Waals surface area contributed by atoms with E-state index >= 15 is 0 Å². The molecule has 112 valence electrons. The van der Waals surface area contributed by atoms with Crippen molar-refractivity contribution in [2.45, 2.75) is 26.9 Å². The zero-order valence-corrected chi connectivity index (χ0v) is 13.4. The number of anilines is 1. The molecule has 0 aliphatic carbocycles. The quantitative estimate of drug-likeness (QED) is 0.889. The topological polar surface area (TPSA) is 23.5 Å². The molecule has 2 nitrogen and oxygen atoms in total. The van der Waals surface area contributed by atoms with E-state index in [1.54, 1.807) is 0 Å². The Labute approximate surface area is 128 Å². The van der Waals surface area contributed by atoms with Gasteiger partial charge in [0.2, 0.25) is 0 Å². The first kappa shape index (κ1) is 15.6. The SMILES string of the molecule is Cc1cccc(N(C)CC(C)(C)C(O)c2ccccc2)c1. The smallest absolute Gasteiger partial charge is 0.0857 e. The van der Waals surface area contributed by atoms with Gasteiger partial charge in [0.1, 0.15) is 0 Å². The molecule has 0 amide bonds. The molecule has 0 fully saturated rings. The van der Waals surface area contributed by atoms with Crippen LogP contribution in [0.4, 0.5) is 5.69 Å². The third-order valence-corrected chi connectivity index (χ3v) is 3.94. The highest BCUT2D eigenvalue weighted by molar-refractivity contribution is 5.48. The number of aryl methyl sites for hydroxylation is 1. The molecule has 1 atom stereocenters. The summed E-state index contributed by atoms with van der Waals surface area (Å²) in [7, 11) is 2.08. The molecule has 2 rings (SSSR count). The average Bonchev–Trinajstić information content (AvgIpc) is 2.47. The average molecular weight is 283 g/mol. The Hall–Kier alpha value is -1.80. The van der Waals surface area contributed by atoms with Crippen molar-refractivity contribution in [1.82, 2.24) is 0 Å². The molecular formula is C19H25NO. The van der Waals surface area contributed by atoms with Gasteiger partial charge >= 0.3 is 0 Å². The molecule has 0 aliphatic rings. The number of benzene rings is 2. The van der Waals surface area contributed by atoms with E-state index in [-0.39, 0.29) is 5.41 Å². The number of aliphatic hydroxyl groups is 1. The predicted octanol–water partition coefficient (Wildman–Crippen LogP) is 4.19. The van der Waals surface area contributed by atoms with Gasteiger partial charge in [0.15, 0.2) is 0 Å². The summed E-state index contributed by atoms with van der Waals surface area (Å²) in [6.45, 7) is 7.10. The third-order valence-electron chi connectivity index (χ3n) is 3.94. The first-order valence-electron chi connectivity index (χ1n) is 7.41. The molecule has 2 aromatic rings. The molecule has 0 radical (unpaired) electrons. The molecule has 0 spiro atoms. The van der Waals surface area contributed by atoms with Crippen LogP contribution in [0.2, 0.25) is 0 Å². The van der Waals surface area contributed by atoms with Gasteiger partial charge in [-0.15, -0.1) is 0 Å². The van der Waals surface area contributed by atoms with Gasteiger partial charge in [0.05, 0.1) is 6.10 Å². The minimum absolute atomic E-state index is 0.236. The van der Waals surface area contributed by atoms with Crippen molar-refractivity contribution in [3.8, 4) is 0 Å². The maximum Gasteiger partial charge on any atom is 0.0857 e. The molecular weight excluding hydrogens is 258 g/mol. The second kappa shape index (κ2) is 6.31. The van der Waals surface area contributed by atoms with Crippen LogP contribution in [-0.2, 0) is 0 Å². The molecule has 0 aromatic heterocycles. The summed E-state index contributed by atoms with van der Waals surface area (Å²) in [6.07, 6.45) is -0.481. The van der Waals surface area contributed by atoms with E-state index in [0.717, 1.165) is 12.1 Å². The van der Waals surface area contributed by atoms with Crippen molar-refractivity contribution in [1.29, 1.82) is 0 Å². The van der Waals surface area contributed by atoms with Crippen LogP contribution in [0.25, 0.3) is 0 Å². The molecule has 0 saturated carbocycles. The van der Waals surface area contributed by atoms with Crippen LogP contribution in [0.15, 0.2) is 54.6 Å². The number of rotatable bonds is 5. The molecule has 2 aromatic carbocycles. The highest BCUT2D eigenvalue weighted by Gasteiger charge is 2.30. The lowest BCUT2D eigenvalue weighted by atomic mass is 9.82. The Bertz CT molecular complexity index is 577. The number of aliphatic hydroxyl groups excluding tert-OH is 1. The molecule has 1 unspecified atom stereocenters. The fraction of sp³-hybridized carbons (Fsp3) is 0.368. The Balaban J connectivity index is 2.13. The lowest BCUT2D eigenvalue weighted by Crippen LogP contribution is -2.36. The zero-order valence-electron chi connectivity index (χ0n) is 13.4. The summed E-state index contributed by atoms with van der Waals surface area (Å²) in [5.74, 6) is 0. The summed E-state index contributed by atoms with van der Waals surface area (Å²) >= 11 is 0. The van der Waals surface area contributed by atoms with E-state index in [1.165, 1.54) is 11.3 Å².